The zero-order valence-electron chi connectivity index (χ0n) is 12.3. The first-order valence-corrected chi connectivity index (χ1v) is 6.32. The van der Waals surface area contributed by atoms with Crippen LogP contribution in [0.5, 0.6) is 0 Å². The first-order valence-electron chi connectivity index (χ1n) is 6.32. The summed E-state index contributed by atoms with van der Waals surface area (Å²) in [5, 5.41) is 0. The Morgan fingerprint density at radius 2 is 1.11 bits per heavy atom. The number of hydrogen-bond acceptors (Lipinski definition) is 0. The van der Waals surface area contributed by atoms with Crippen LogP contribution in [0.25, 0.3) is 0 Å². The van der Waals surface area contributed by atoms with Gasteiger partial charge >= 0.3 is 0 Å². The summed E-state index contributed by atoms with van der Waals surface area (Å²) in [5.41, 5.74) is 2.14. The number of rotatable bonds is 0. The minimum Gasteiger partial charge on any atom is -0.0920 e. The summed E-state index contributed by atoms with van der Waals surface area (Å²) in [6.45, 7) is 12.7. The van der Waals surface area contributed by atoms with Crippen molar-refractivity contribution in [3.05, 3.63) is 35.4 Å². The SMILES string of the molecule is CC(C)(C)C#Cc1cccc(C#CC(C)(C)C)c1. The van der Waals surface area contributed by atoms with Gasteiger partial charge in [0, 0.05) is 22.0 Å². The van der Waals surface area contributed by atoms with E-state index < -0.39 is 0 Å². The summed E-state index contributed by atoms with van der Waals surface area (Å²) in [6.07, 6.45) is 0. The van der Waals surface area contributed by atoms with E-state index in [0.29, 0.717) is 0 Å². The first-order chi connectivity index (χ1) is 8.16. The van der Waals surface area contributed by atoms with Crippen molar-refractivity contribution >= 4 is 0 Å². The van der Waals surface area contributed by atoms with Crippen molar-refractivity contribution in [3.63, 3.8) is 0 Å². The zero-order chi connectivity index (χ0) is 13.8. The third kappa shape index (κ3) is 6.17. The van der Waals surface area contributed by atoms with Crippen molar-refractivity contribution < 1.29 is 0 Å². The van der Waals surface area contributed by atoms with E-state index in [0.717, 1.165) is 11.1 Å². The summed E-state index contributed by atoms with van der Waals surface area (Å²) >= 11 is 0. The lowest BCUT2D eigenvalue weighted by molar-refractivity contribution is 0.570. The van der Waals surface area contributed by atoms with Crippen LogP contribution in [0.1, 0.15) is 52.7 Å². The Morgan fingerprint density at radius 3 is 1.44 bits per heavy atom. The maximum absolute atomic E-state index is 3.24. The predicted molar refractivity (Wildman–Crippen MR) is 79.1 cm³/mol. The van der Waals surface area contributed by atoms with E-state index in [9.17, 15) is 0 Å². The standard InChI is InChI=1S/C18H22/c1-17(2,3)12-10-15-8-7-9-16(14-15)11-13-18(4,5)6/h7-9,14H,1-6H3. The Hall–Kier alpha value is -1.66. The molecule has 1 rings (SSSR count). The molecule has 0 spiro atoms. The Morgan fingerprint density at radius 1 is 0.722 bits per heavy atom. The van der Waals surface area contributed by atoms with Crippen LogP contribution in [0.2, 0.25) is 0 Å². The summed E-state index contributed by atoms with van der Waals surface area (Å²) in [5.74, 6) is 12.9. The highest BCUT2D eigenvalue weighted by molar-refractivity contribution is 5.44. The van der Waals surface area contributed by atoms with Gasteiger partial charge in [0.25, 0.3) is 0 Å². The molecule has 0 atom stereocenters. The molecule has 94 valence electrons. The van der Waals surface area contributed by atoms with E-state index in [1.54, 1.807) is 0 Å². The summed E-state index contributed by atoms with van der Waals surface area (Å²) in [6, 6.07) is 8.12. The molecule has 0 nitrogen and oxygen atoms in total. The average Bonchev–Trinajstić information content (AvgIpc) is 2.22. The molecule has 18 heavy (non-hydrogen) atoms. The van der Waals surface area contributed by atoms with Crippen LogP contribution >= 0.6 is 0 Å². The largest absolute Gasteiger partial charge is 0.0920 e. The monoisotopic (exact) mass is 238 g/mol. The van der Waals surface area contributed by atoms with Gasteiger partial charge in [-0.25, -0.2) is 0 Å². The molecule has 0 aliphatic heterocycles. The molecule has 1 aromatic rings. The van der Waals surface area contributed by atoms with Crippen LogP contribution < -0.4 is 0 Å². The van der Waals surface area contributed by atoms with E-state index in [1.165, 1.54) is 0 Å². The van der Waals surface area contributed by atoms with Gasteiger partial charge in [0.1, 0.15) is 0 Å². The predicted octanol–water partition coefficient (Wildman–Crippen LogP) is 4.48. The van der Waals surface area contributed by atoms with Gasteiger partial charge < -0.3 is 0 Å². The van der Waals surface area contributed by atoms with Gasteiger partial charge in [-0.2, -0.15) is 0 Å². The summed E-state index contributed by atoms with van der Waals surface area (Å²) in [4.78, 5) is 0. The lowest BCUT2D eigenvalue weighted by Crippen LogP contribution is -1.99. The zero-order valence-corrected chi connectivity index (χ0v) is 12.3. The molecule has 1 aromatic carbocycles. The van der Waals surface area contributed by atoms with Crippen LogP contribution in [-0.4, -0.2) is 0 Å². The van der Waals surface area contributed by atoms with Gasteiger partial charge in [-0.05, 0) is 59.7 Å². The molecule has 0 fully saturated rings. The summed E-state index contributed by atoms with van der Waals surface area (Å²) < 4.78 is 0. The molecule has 0 bridgehead atoms. The molecule has 0 heteroatoms. The Balaban J connectivity index is 2.99. The maximum atomic E-state index is 3.24. The highest BCUT2D eigenvalue weighted by Gasteiger charge is 2.04. The van der Waals surface area contributed by atoms with Gasteiger partial charge in [0.05, 0.1) is 0 Å². The van der Waals surface area contributed by atoms with Gasteiger partial charge in [0.15, 0.2) is 0 Å². The van der Waals surface area contributed by atoms with Crippen LogP contribution in [0, 0.1) is 34.5 Å². The smallest absolute Gasteiger partial charge is 0.0257 e. The van der Waals surface area contributed by atoms with Gasteiger partial charge in [0.2, 0.25) is 0 Å². The topological polar surface area (TPSA) is 0 Å². The molecule has 0 radical (unpaired) electrons. The fourth-order valence-electron chi connectivity index (χ4n) is 1.19. The lowest BCUT2D eigenvalue weighted by Gasteiger charge is -2.07. The van der Waals surface area contributed by atoms with Gasteiger partial charge in [-0.3, -0.25) is 0 Å². The molecular formula is C18H22. The second-order valence-corrected chi connectivity index (χ2v) is 6.58. The van der Waals surface area contributed by atoms with E-state index in [-0.39, 0.29) is 10.8 Å². The Labute approximate surface area is 112 Å². The van der Waals surface area contributed by atoms with Crippen LogP contribution in [0.4, 0.5) is 0 Å². The maximum Gasteiger partial charge on any atom is 0.0257 e. The first kappa shape index (κ1) is 14.4. The molecular weight excluding hydrogens is 216 g/mol. The third-order valence-electron chi connectivity index (χ3n) is 2.03. The van der Waals surface area contributed by atoms with E-state index in [2.05, 4.69) is 71.3 Å². The number of benzene rings is 1. The molecule has 0 aliphatic rings. The quantitative estimate of drug-likeness (QED) is 0.584. The third-order valence-corrected chi connectivity index (χ3v) is 2.03. The molecule has 0 saturated carbocycles. The van der Waals surface area contributed by atoms with Crippen molar-refractivity contribution in [2.24, 2.45) is 10.8 Å². The normalized spacial score (nSPS) is 11.0. The number of hydrogen-bond donors (Lipinski definition) is 0. The highest BCUT2D eigenvalue weighted by Crippen LogP contribution is 2.13. The molecule has 0 N–H and O–H groups in total. The van der Waals surface area contributed by atoms with Crippen LogP contribution in [0.3, 0.4) is 0 Å². The van der Waals surface area contributed by atoms with Crippen LogP contribution in [0.15, 0.2) is 24.3 Å². The molecule has 0 aliphatic carbocycles. The van der Waals surface area contributed by atoms with Gasteiger partial charge in [-0.1, -0.05) is 29.7 Å². The summed E-state index contributed by atoms with van der Waals surface area (Å²) in [7, 11) is 0. The van der Waals surface area contributed by atoms with E-state index in [1.807, 2.05) is 18.2 Å². The Kier molecular flexibility index (Phi) is 4.26. The minimum absolute atomic E-state index is 0.0348. The van der Waals surface area contributed by atoms with Crippen molar-refractivity contribution in [3.8, 4) is 23.7 Å². The van der Waals surface area contributed by atoms with E-state index in [4.69, 9.17) is 0 Å². The Bertz CT molecular complexity index is 478. The molecule has 0 saturated heterocycles. The highest BCUT2D eigenvalue weighted by atomic mass is 14.1. The fraction of sp³-hybridized carbons (Fsp3) is 0.444. The molecule has 0 amide bonds. The van der Waals surface area contributed by atoms with Crippen molar-refractivity contribution in [1.82, 2.24) is 0 Å². The fourth-order valence-corrected chi connectivity index (χ4v) is 1.19. The molecule has 0 heterocycles. The second kappa shape index (κ2) is 5.32. The van der Waals surface area contributed by atoms with Gasteiger partial charge in [-0.15, -0.1) is 0 Å². The van der Waals surface area contributed by atoms with Crippen molar-refractivity contribution in [1.29, 1.82) is 0 Å². The average molecular weight is 238 g/mol. The van der Waals surface area contributed by atoms with Crippen molar-refractivity contribution in [2.75, 3.05) is 0 Å². The second-order valence-electron chi connectivity index (χ2n) is 6.58. The molecule has 0 unspecified atom stereocenters. The van der Waals surface area contributed by atoms with Crippen LogP contribution in [-0.2, 0) is 0 Å². The molecule has 0 aromatic heterocycles. The lowest BCUT2D eigenvalue weighted by atomic mass is 9.96. The van der Waals surface area contributed by atoms with Crippen molar-refractivity contribution in [2.45, 2.75) is 41.5 Å². The van der Waals surface area contributed by atoms with E-state index >= 15 is 0 Å². The minimum atomic E-state index is 0.0348.